The van der Waals surface area contributed by atoms with Crippen LogP contribution in [0.4, 0.5) is 23.2 Å². The zero-order valence-corrected chi connectivity index (χ0v) is 17.1. The molecule has 4 rings (SSSR count). The first-order valence-corrected chi connectivity index (χ1v) is 10.0. The molecule has 2 heterocycles. The van der Waals surface area contributed by atoms with E-state index in [1.54, 1.807) is 48.0 Å². The Labute approximate surface area is 181 Å². The van der Waals surface area contributed by atoms with Crippen LogP contribution in [0.1, 0.15) is 34.3 Å². The number of aryl methyl sites for hydroxylation is 1. The number of hydrogen-bond donors (Lipinski definition) is 2. The van der Waals surface area contributed by atoms with Crippen molar-refractivity contribution in [1.82, 2.24) is 14.7 Å². The lowest BCUT2D eigenvalue weighted by Gasteiger charge is -2.12. The van der Waals surface area contributed by atoms with Gasteiger partial charge in [-0.2, -0.15) is 13.2 Å². The van der Waals surface area contributed by atoms with Gasteiger partial charge in [-0.1, -0.05) is 12.0 Å². The molecule has 3 aromatic rings. The molecule has 1 aromatic carbocycles. The average molecular weight is 444 g/mol. The van der Waals surface area contributed by atoms with E-state index in [2.05, 4.69) is 21.5 Å². The quantitative estimate of drug-likeness (QED) is 0.435. The Morgan fingerprint density at radius 1 is 1.34 bits per heavy atom. The summed E-state index contributed by atoms with van der Waals surface area (Å²) in [5.74, 6) is 2.17. The highest BCUT2D eigenvalue weighted by Gasteiger charge is 2.38. The molecule has 1 saturated carbocycles. The second-order valence-electron chi connectivity index (χ2n) is 7.78. The van der Waals surface area contributed by atoms with Crippen LogP contribution in [0, 0.1) is 19.3 Å². The highest BCUT2D eigenvalue weighted by molar-refractivity contribution is 5.96. The lowest BCUT2D eigenvalue weighted by Crippen LogP contribution is -2.27. The SMILES string of the molecule is C#Cc1cc(NCCC(F)(F)F)c2ncc(-c3ccc(C(=O)NC4C[C@H]4F)c(C)c3)n2c1. The number of halogens is 4. The van der Waals surface area contributed by atoms with E-state index < -0.39 is 24.8 Å². The molecule has 1 fully saturated rings. The van der Waals surface area contributed by atoms with Gasteiger partial charge in [0.25, 0.3) is 5.91 Å². The van der Waals surface area contributed by atoms with Gasteiger partial charge in [-0.25, -0.2) is 9.37 Å². The molecular formula is C23H20F4N4O. The summed E-state index contributed by atoms with van der Waals surface area (Å²) in [6.07, 6.45) is 2.90. The number of fused-ring (bicyclic) bond motifs is 1. The van der Waals surface area contributed by atoms with Crippen molar-refractivity contribution in [2.75, 3.05) is 11.9 Å². The van der Waals surface area contributed by atoms with Crippen molar-refractivity contribution in [3.05, 3.63) is 53.3 Å². The Morgan fingerprint density at radius 3 is 2.72 bits per heavy atom. The molecule has 9 heteroatoms. The molecule has 0 aliphatic heterocycles. The van der Waals surface area contributed by atoms with Crippen LogP contribution in [0.2, 0.25) is 0 Å². The second-order valence-corrected chi connectivity index (χ2v) is 7.78. The van der Waals surface area contributed by atoms with Gasteiger partial charge < -0.3 is 10.6 Å². The van der Waals surface area contributed by atoms with E-state index in [-0.39, 0.29) is 12.5 Å². The topological polar surface area (TPSA) is 58.4 Å². The predicted octanol–water partition coefficient (Wildman–Crippen LogP) is 4.50. The minimum Gasteiger partial charge on any atom is -0.382 e. The number of pyridine rings is 1. The maximum Gasteiger partial charge on any atom is 0.390 e. The van der Waals surface area contributed by atoms with Gasteiger partial charge in [0, 0.05) is 35.9 Å². The number of carbonyl (C=O) groups excluding carboxylic acids is 1. The number of nitrogens with zero attached hydrogens (tertiary/aromatic N) is 2. The Hall–Kier alpha value is -3.54. The molecule has 0 bridgehead atoms. The summed E-state index contributed by atoms with van der Waals surface area (Å²) in [6.45, 7) is 1.47. The summed E-state index contributed by atoms with van der Waals surface area (Å²) in [6, 6.07) is 6.35. The van der Waals surface area contributed by atoms with Crippen LogP contribution in [-0.2, 0) is 0 Å². The molecule has 5 nitrogen and oxygen atoms in total. The molecule has 1 amide bonds. The first-order valence-electron chi connectivity index (χ1n) is 10.0. The third kappa shape index (κ3) is 4.54. The first kappa shape index (κ1) is 21.7. The second kappa shape index (κ2) is 8.19. The van der Waals surface area contributed by atoms with Crippen LogP contribution in [0.15, 0.2) is 36.7 Å². The van der Waals surface area contributed by atoms with E-state index in [0.29, 0.717) is 40.1 Å². The zero-order chi connectivity index (χ0) is 23.0. The number of carbonyl (C=O) groups is 1. The number of rotatable bonds is 6. The minimum atomic E-state index is -4.27. The maximum atomic E-state index is 13.1. The van der Waals surface area contributed by atoms with E-state index in [1.807, 2.05) is 0 Å². The van der Waals surface area contributed by atoms with E-state index in [4.69, 9.17) is 6.42 Å². The summed E-state index contributed by atoms with van der Waals surface area (Å²) in [7, 11) is 0. The molecule has 0 saturated heterocycles. The van der Waals surface area contributed by atoms with Crippen molar-refractivity contribution in [1.29, 1.82) is 0 Å². The number of aromatic nitrogens is 2. The van der Waals surface area contributed by atoms with Crippen LogP contribution >= 0.6 is 0 Å². The Bertz CT molecular complexity index is 1230. The number of benzene rings is 1. The number of terminal acetylenes is 1. The lowest BCUT2D eigenvalue weighted by molar-refractivity contribution is -0.131. The molecule has 1 aliphatic carbocycles. The third-order valence-electron chi connectivity index (χ3n) is 5.29. The van der Waals surface area contributed by atoms with Gasteiger partial charge in [-0.3, -0.25) is 9.20 Å². The molecule has 2 atom stereocenters. The third-order valence-corrected chi connectivity index (χ3v) is 5.29. The van der Waals surface area contributed by atoms with Crippen molar-refractivity contribution in [3.63, 3.8) is 0 Å². The van der Waals surface area contributed by atoms with Gasteiger partial charge in [-0.15, -0.1) is 6.42 Å². The highest BCUT2D eigenvalue weighted by atomic mass is 19.4. The molecule has 1 aliphatic rings. The molecule has 0 spiro atoms. The van der Waals surface area contributed by atoms with Crippen LogP contribution in [0.5, 0.6) is 0 Å². The summed E-state index contributed by atoms with van der Waals surface area (Å²) in [5.41, 5.74) is 3.86. The van der Waals surface area contributed by atoms with Crippen molar-refractivity contribution < 1.29 is 22.4 Å². The molecule has 2 N–H and O–H groups in total. The molecular weight excluding hydrogens is 424 g/mol. The van der Waals surface area contributed by atoms with Gasteiger partial charge in [-0.05, 0) is 30.7 Å². The largest absolute Gasteiger partial charge is 0.390 e. The van der Waals surface area contributed by atoms with Crippen molar-refractivity contribution in [2.45, 2.75) is 38.2 Å². The van der Waals surface area contributed by atoms with Crippen molar-refractivity contribution >= 4 is 17.2 Å². The Kier molecular flexibility index (Phi) is 5.55. The number of alkyl halides is 4. The fourth-order valence-corrected chi connectivity index (χ4v) is 3.49. The lowest BCUT2D eigenvalue weighted by atomic mass is 10.0. The fraction of sp³-hybridized carbons (Fsp3) is 0.304. The van der Waals surface area contributed by atoms with E-state index in [0.717, 1.165) is 5.56 Å². The van der Waals surface area contributed by atoms with Gasteiger partial charge in [0.2, 0.25) is 0 Å². The average Bonchev–Trinajstić information content (AvgIpc) is 3.24. The zero-order valence-electron chi connectivity index (χ0n) is 17.1. The van der Waals surface area contributed by atoms with E-state index in [1.165, 1.54) is 0 Å². The summed E-state index contributed by atoms with van der Waals surface area (Å²) < 4.78 is 52.4. The fourth-order valence-electron chi connectivity index (χ4n) is 3.49. The Morgan fingerprint density at radius 2 is 2.09 bits per heavy atom. The smallest absolute Gasteiger partial charge is 0.382 e. The van der Waals surface area contributed by atoms with Gasteiger partial charge in [0.15, 0.2) is 5.65 Å². The van der Waals surface area contributed by atoms with E-state index >= 15 is 0 Å². The molecule has 2 aromatic heterocycles. The monoisotopic (exact) mass is 444 g/mol. The predicted molar refractivity (Wildman–Crippen MR) is 113 cm³/mol. The number of amides is 1. The van der Waals surface area contributed by atoms with Crippen LogP contribution in [0.25, 0.3) is 16.9 Å². The van der Waals surface area contributed by atoms with Crippen LogP contribution in [-0.4, -0.2) is 40.2 Å². The van der Waals surface area contributed by atoms with Crippen LogP contribution < -0.4 is 10.6 Å². The van der Waals surface area contributed by atoms with Gasteiger partial charge in [0.1, 0.15) is 6.17 Å². The standard InChI is InChI=1S/C23H20F4N4O/c1-3-14-9-19(28-7-6-23(25,26)27)21-29-11-20(31(21)12-14)15-4-5-16(13(2)8-15)22(32)30-18-10-17(18)24/h1,4-5,8-9,11-12,17-18,28H,6-7,10H2,2H3,(H,30,32)/t17-,18?/m1/s1. The normalized spacial score (nSPS) is 17.8. The molecule has 0 radical (unpaired) electrons. The van der Waals surface area contributed by atoms with Crippen molar-refractivity contribution in [3.8, 4) is 23.6 Å². The van der Waals surface area contributed by atoms with Crippen LogP contribution in [0.3, 0.4) is 0 Å². The molecule has 166 valence electrons. The number of hydrogen-bond acceptors (Lipinski definition) is 3. The maximum absolute atomic E-state index is 13.1. The highest BCUT2D eigenvalue weighted by Crippen LogP contribution is 2.29. The number of nitrogens with one attached hydrogen (secondary N) is 2. The summed E-state index contributed by atoms with van der Waals surface area (Å²) in [4.78, 5) is 16.7. The van der Waals surface area contributed by atoms with E-state index in [9.17, 15) is 22.4 Å². The minimum absolute atomic E-state index is 0.307. The molecule has 1 unspecified atom stereocenters. The number of imidazole rings is 1. The summed E-state index contributed by atoms with van der Waals surface area (Å²) in [5, 5.41) is 5.42. The van der Waals surface area contributed by atoms with Gasteiger partial charge in [0.05, 0.1) is 30.0 Å². The van der Waals surface area contributed by atoms with Gasteiger partial charge >= 0.3 is 6.18 Å². The van der Waals surface area contributed by atoms with Crippen molar-refractivity contribution in [2.24, 2.45) is 0 Å². The first-order chi connectivity index (χ1) is 15.2. The molecule has 32 heavy (non-hydrogen) atoms. The summed E-state index contributed by atoms with van der Waals surface area (Å²) >= 11 is 0. The Balaban J connectivity index is 1.64. The number of anilines is 1.